The number of nitrogens with zero attached hydrogens (tertiary/aromatic N) is 2. The van der Waals surface area contributed by atoms with E-state index in [0.717, 1.165) is 68.1 Å². The lowest BCUT2D eigenvalue weighted by Gasteiger charge is -2.42. The highest BCUT2D eigenvalue weighted by atomic mass is 35.5. The van der Waals surface area contributed by atoms with Crippen LogP contribution >= 0.6 is 11.6 Å². The molecule has 3 aromatic rings. The number of halogens is 3. The summed E-state index contributed by atoms with van der Waals surface area (Å²) in [5.74, 6) is -1.61. The van der Waals surface area contributed by atoms with Crippen LogP contribution in [-0.2, 0) is 16.4 Å². The van der Waals surface area contributed by atoms with E-state index in [2.05, 4.69) is 47.9 Å². The van der Waals surface area contributed by atoms with Crippen molar-refractivity contribution in [2.24, 2.45) is 0 Å². The Morgan fingerprint density at radius 1 is 0.897 bits per heavy atom. The van der Waals surface area contributed by atoms with Gasteiger partial charge in [-0.3, -0.25) is 9.80 Å². The second-order valence-corrected chi connectivity index (χ2v) is 12.6. The molecule has 1 unspecified atom stereocenters. The molecule has 0 aliphatic carbocycles. The lowest BCUT2D eigenvalue weighted by Crippen LogP contribution is -2.44. The molecule has 8 heteroatoms. The van der Waals surface area contributed by atoms with Crippen LogP contribution in [0.1, 0.15) is 55.0 Å². The normalized spacial score (nSPS) is 14.9. The molecule has 1 aliphatic rings. The van der Waals surface area contributed by atoms with Gasteiger partial charge in [0.2, 0.25) is 0 Å². The van der Waals surface area contributed by atoms with Gasteiger partial charge in [0.15, 0.2) is 9.84 Å². The fraction of sp³-hybridized carbons (Fsp3) is 0.355. The van der Waals surface area contributed by atoms with Crippen LogP contribution in [0.4, 0.5) is 8.78 Å². The molecule has 0 aromatic heterocycles. The van der Waals surface area contributed by atoms with Gasteiger partial charge in [0.1, 0.15) is 11.6 Å². The predicted molar refractivity (Wildman–Crippen MR) is 155 cm³/mol. The van der Waals surface area contributed by atoms with Gasteiger partial charge in [-0.15, -0.1) is 0 Å². The highest BCUT2D eigenvalue weighted by molar-refractivity contribution is 8.00. The topological polar surface area (TPSA) is 40.6 Å². The van der Waals surface area contributed by atoms with Crippen LogP contribution in [0.15, 0.2) is 72.3 Å². The highest BCUT2D eigenvalue weighted by Gasteiger charge is 2.35. The molecule has 0 saturated carbocycles. The van der Waals surface area contributed by atoms with E-state index in [4.69, 9.17) is 11.6 Å². The van der Waals surface area contributed by atoms with E-state index in [-0.39, 0.29) is 16.5 Å². The molecule has 1 saturated heterocycles. The van der Waals surface area contributed by atoms with Gasteiger partial charge in [-0.1, -0.05) is 61.8 Å². The fourth-order valence-corrected chi connectivity index (χ4v) is 6.69. The average Bonchev–Trinajstić information content (AvgIpc) is 2.83. The lowest BCUT2D eigenvalue weighted by molar-refractivity contribution is 0.203. The second kappa shape index (κ2) is 12.7. The van der Waals surface area contributed by atoms with Crippen LogP contribution in [0.5, 0.6) is 0 Å². The maximum atomic E-state index is 14.0. The number of sulfone groups is 1. The molecule has 0 N–H and O–H groups in total. The summed E-state index contributed by atoms with van der Waals surface area (Å²) in [5.41, 5.74) is 4.03. The molecular formula is C31H35ClF2N2O2S. The highest BCUT2D eigenvalue weighted by Crippen LogP contribution is 2.38. The van der Waals surface area contributed by atoms with Crippen molar-refractivity contribution in [1.29, 1.82) is 0 Å². The summed E-state index contributed by atoms with van der Waals surface area (Å²) in [7, 11) is -3.72. The zero-order valence-corrected chi connectivity index (χ0v) is 24.2. The molecule has 4 nitrogen and oxygen atoms in total. The smallest absolute Gasteiger partial charge is 0.176 e. The molecule has 1 atom stereocenters. The first-order chi connectivity index (χ1) is 18.6. The largest absolute Gasteiger partial charge is 0.299 e. The van der Waals surface area contributed by atoms with Gasteiger partial charge in [-0.2, -0.15) is 0 Å². The van der Waals surface area contributed by atoms with Crippen molar-refractivity contribution in [3.05, 3.63) is 111 Å². The van der Waals surface area contributed by atoms with Crippen LogP contribution in [0, 0.1) is 11.6 Å². The molecule has 1 heterocycles. The predicted octanol–water partition coefficient (Wildman–Crippen LogP) is 7.10. The minimum absolute atomic E-state index is 0.00528. The Morgan fingerprint density at radius 2 is 1.41 bits per heavy atom. The first-order valence-electron chi connectivity index (χ1n) is 13.3. The van der Waals surface area contributed by atoms with E-state index in [0.29, 0.717) is 23.7 Å². The molecule has 1 aliphatic heterocycles. The van der Waals surface area contributed by atoms with Crippen molar-refractivity contribution in [2.75, 3.05) is 32.4 Å². The summed E-state index contributed by atoms with van der Waals surface area (Å²) in [6, 6.07) is 19.0. The van der Waals surface area contributed by atoms with Crippen LogP contribution in [-0.4, -0.2) is 50.7 Å². The Labute approximate surface area is 235 Å². The molecule has 1 fully saturated rings. The van der Waals surface area contributed by atoms with Crippen LogP contribution < -0.4 is 0 Å². The van der Waals surface area contributed by atoms with Gasteiger partial charge in [0.25, 0.3) is 0 Å². The Bertz CT molecular complexity index is 1390. The van der Waals surface area contributed by atoms with E-state index in [9.17, 15) is 17.2 Å². The van der Waals surface area contributed by atoms with Gasteiger partial charge in [-0.25, -0.2) is 17.2 Å². The third-order valence-electron chi connectivity index (χ3n) is 6.94. The molecule has 0 amide bonds. The van der Waals surface area contributed by atoms with Gasteiger partial charge in [0, 0.05) is 37.0 Å². The summed E-state index contributed by atoms with van der Waals surface area (Å²) in [6.45, 7) is 8.11. The number of likely N-dealkylation sites (tertiary alicyclic amines) is 1. The van der Waals surface area contributed by atoms with E-state index in [1.165, 1.54) is 5.56 Å². The van der Waals surface area contributed by atoms with E-state index in [1.807, 2.05) is 24.3 Å². The van der Waals surface area contributed by atoms with E-state index in [1.54, 1.807) is 0 Å². The maximum absolute atomic E-state index is 14.0. The Morgan fingerprint density at radius 3 is 1.90 bits per heavy atom. The summed E-state index contributed by atoms with van der Waals surface area (Å²) in [4.78, 5) is 4.61. The Hall–Kier alpha value is -2.58. The van der Waals surface area contributed by atoms with Crippen molar-refractivity contribution in [2.45, 2.75) is 39.3 Å². The fourth-order valence-electron chi connectivity index (χ4n) is 5.36. The minimum atomic E-state index is -3.72. The number of benzene rings is 3. The first kappa shape index (κ1) is 29.4. The summed E-state index contributed by atoms with van der Waals surface area (Å²) in [5, 5.41) is 0.636. The number of hydrogen-bond acceptors (Lipinski definition) is 4. The third-order valence-corrected chi connectivity index (χ3v) is 8.45. The molecule has 4 rings (SSSR count). The van der Waals surface area contributed by atoms with E-state index < -0.39 is 21.5 Å². The van der Waals surface area contributed by atoms with Crippen molar-refractivity contribution < 1.29 is 17.2 Å². The van der Waals surface area contributed by atoms with Gasteiger partial charge in [-0.05, 0) is 78.0 Å². The van der Waals surface area contributed by atoms with Crippen molar-refractivity contribution >= 4 is 26.3 Å². The minimum Gasteiger partial charge on any atom is -0.299 e. The third kappa shape index (κ3) is 7.34. The first-order valence-corrected chi connectivity index (χ1v) is 15.5. The SMILES string of the molecule is CCCN(CCC)Cc1ccc(C(c2ccc(Cl)cc2)N2CC(=C(c3cc(F)cc(F)c3)S(C)(=O)=O)C2)cc1. The molecular weight excluding hydrogens is 538 g/mol. The summed E-state index contributed by atoms with van der Waals surface area (Å²) >= 11 is 6.16. The molecule has 208 valence electrons. The molecule has 0 bridgehead atoms. The number of hydrogen-bond donors (Lipinski definition) is 0. The standard InChI is InChI=1S/C31H35ClF2N2O2S/c1-4-14-35(15-5-2)19-22-6-8-23(9-7-22)30(24-10-12-27(32)13-11-24)36-20-26(21-36)31(39(3,37)38)25-16-28(33)18-29(34)17-25/h6-13,16-18,30H,4-5,14-15,19-21H2,1-3H3. The summed E-state index contributed by atoms with van der Waals surface area (Å²) < 4.78 is 53.4. The van der Waals surface area contributed by atoms with Crippen molar-refractivity contribution in [3.8, 4) is 0 Å². The van der Waals surface area contributed by atoms with Crippen LogP contribution in [0.2, 0.25) is 5.02 Å². The zero-order valence-electron chi connectivity index (χ0n) is 22.6. The molecule has 0 radical (unpaired) electrons. The second-order valence-electron chi connectivity index (χ2n) is 10.2. The Kier molecular flexibility index (Phi) is 9.60. The molecule has 0 spiro atoms. The molecule has 3 aromatic carbocycles. The van der Waals surface area contributed by atoms with Gasteiger partial charge >= 0.3 is 0 Å². The molecule has 39 heavy (non-hydrogen) atoms. The number of rotatable bonds is 11. The van der Waals surface area contributed by atoms with Crippen molar-refractivity contribution in [1.82, 2.24) is 9.80 Å². The quantitative estimate of drug-likeness (QED) is 0.246. The van der Waals surface area contributed by atoms with Gasteiger partial charge in [0.05, 0.1) is 10.9 Å². The lowest BCUT2D eigenvalue weighted by atomic mass is 9.91. The van der Waals surface area contributed by atoms with Crippen LogP contribution in [0.25, 0.3) is 4.91 Å². The zero-order chi connectivity index (χ0) is 28.2. The van der Waals surface area contributed by atoms with Crippen molar-refractivity contribution in [3.63, 3.8) is 0 Å². The van der Waals surface area contributed by atoms with E-state index >= 15 is 0 Å². The summed E-state index contributed by atoms with van der Waals surface area (Å²) in [6.07, 6.45) is 3.30. The average molecular weight is 573 g/mol. The van der Waals surface area contributed by atoms with Gasteiger partial charge < -0.3 is 0 Å². The van der Waals surface area contributed by atoms with Crippen LogP contribution in [0.3, 0.4) is 0 Å². The Balaban J connectivity index is 1.65. The monoisotopic (exact) mass is 572 g/mol. The maximum Gasteiger partial charge on any atom is 0.176 e.